The van der Waals surface area contributed by atoms with Gasteiger partial charge >= 0.3 is 0 Å². The van der Waals surface area contributed by atoms with Crippen molar-refractivity contribution in [2.75, 3.05) is 0 Å². The first kappa shape index (κ1) is 29.1. The zero-order valence-corrected chi connectivity index (χ0v) is 28.5. The summed E-state index contributed by atoms with van der Waals surface area (Å²) in [5, 5.41) is 15.6. The lowest BCUT2D eigenvalue weighted by atomic mass is 9.87. The molecule has 0 fully saturated rings. The molecule has 0 N–H and O–H groups in total. The number of rotatable bonds is 3. The molecule has 10 rings (SSSR count). The Hall–Kier alpha value is -5.89. The summed E-state index contributed by atoms with van der Waals surface area (Å²) in [6.07, 6.45) is 0. The molecule has 1 heteroatoms. The monoisotopic (exact) mass is 652 g/mol. The Bertz CT molecular complexity index is 3000. The number of hydrogen-bond acceptors (Lipinski definition) is 1. The maximum atomic E-state index is 4.77. The zero-order valence-electron chi connectivity index (χ0n) is 27.6. The van der Waals surface area contributed by atoms with Gasteiger partial charge in [0.15, 0.2) is 0 Å². The molecule has 0 heterocycles. The fourth-order valence-corrected chi connectivity index (χ4v) is 8.48. The van der Waals surface area contributed by atoms with Gasteiger partial charge in [-0.15, -0.1) is 12.6 Å². The van der Waals surface area contributed by atoms with Crippen LogP contribution in [0.1, 0.15) is 5.56 Å². The van der Waals surface area contributed by atoms with Crippen LogP contribution in [0.15, 0.2) is 175 Å². The van der Waals surface area contributed by atoms with Crippen molar-refractivity contribution < 1.29 is 0 Å². The molecule has 0 saturated heterocycles. The Morgan fingerprint density at radius 1 is 0.280 bits per heavy atom. The second-order valence-corrected chi connectivity index (χ2v) is 13.9. The number of hydrogen-bond donors (Lipinski definition) is 1. The topological polar surface area (TPSA) is 0 Å². The van der Waals surface area contributed by atoms with Crippen molar-refractivity contribution in [2.24, 2.45) is 0 Å². The summed E-state index contributed by atoms with van der Waals surface area (Å²) in [6.45, 7) is 2.17. The molecule has 0 radical (unpaired) electrons. The molecule has 0 bridgehead atoms. The van der Waals surface area contributed by atoms with Crippen molar-refractivity contribution in [2.45, 2.75) is 11.8 Å². The summed E-state index contributed by atoms with van der Waals surface area (Å²) in [6, 6.07) is 62.6. The Morgan fingerprint density at radius 3 is 1.22 bits per heavy atom. The van der Waals surface area contributed by atoms with Gasteiger partial charge < -0.3 is 0 Å². The molecule has 10 aromatic carbocycles. The average molecular weight is 653 g/mol. The predicted molar refractivity (Wildman–Crippen MR) is 220 cm³/mol. The van der Waals surface area contributed by atoms with E-state index in [9.17, 15) is 0 Å². The molecule has 234 valence electrons. The SMILES string of the molecule is Cc1ccc(-c2cccc(-c3ccc4c(c3)c3ccccc3c3cc5c6ccccc6c6ccccc6c5cc43)c2)cc1-c1ccccc1S. The Labute approximate surface area is 296 Å². The molecule has 0 aliphatic carbocycles. The van der Waals surface area contributed by atoms with Crippen LogP contribution in [0, 0.1) is 6.92 Å². The zero-order chi connectivity index (χ0) is 33.3. The number of aryl methyl sites for hydroxylation is 1. The van der Waals surface area contributed by atoms with Crippen LogP contribution in [0.2, 0.25) is 0 Å². The number of thiol groups is 1. The molecule has 0 atom stereocenters. The Morgan fingerprint density at radius 2 is 0.680 bits per heavy atom. The van der Waals surface area contributed by atoms with E-state index in [1.165, 1.54) is 98.0 Å². The first-order valence-corrected chi connectivity index (χ1v) is 17.7. The van der Waals surface area contributed by atoms with Crippen LogP contribution in [-0.2, 0) is 0 Å². The first-order chi connectivity index (χ1) is 24.6. The van der Waals surface area contributed by atoms with Crippen LogP contribution in [0.5, 0.6) is 0 Å². The van der Waals surface area contributed by atoms with Gasteiger partial charge in [0.2, 0.25) is 0 Å². The fourth-order valence-electron chi connectivity index (χ4n) is 8.20. The molecule has 50 heavy (non-hydrogen) atoms. The van der Waals surface area contributed by atoms with E-state index >= 15 is 0 Å². The van der Waals surface area contributed by atoms with E-state index in [2.05, 4.69) is 171 Å². The maximum absolute atomic E-state index is 4.77. The summed E-state index contributed by atoms with van der Waals surface area (Å²) < 4.78 is 0. The first-order valence-electron chi connectivity index (χ1n) is 17.2. The van der Waals surface area contributed by atoms with Crippen LogP contribution < -0.4 is 0 Å². The lowest BCUT2D eigenvalue weighted by molar-refractivity contribution is 1.40. The number of benzene rings is 10. The molecule has 0 amide bonds. The molecule has 0 spiro atoms. The van der Waals surface area contributed by atoms with Crippen LogP contribution in [0.3, 0.4) is 0 Å². The number of fused-ring (bicyclic) bond motifs is 12. The quantitative estimate of drug-likeness (QED) is 0.110. The van der Waals surface area contributed by atoms with Gasteiger partial charge in [0, 0.05) is 4.90 Å². The minimum Gasteiger partial charge on any atom is -0.143 e. The van der Waals surface area contributed by atoms with Gasteiger partial charge in [0.1, 0.15) is 0 Å². The lowest BCUT2D eigenvalue weighted by Crippen LogP contribution is -1.89. The van der Waals surface area contributed by atoms with E-state index in [0.717, 1.165) is 10.5 Å². The second kappa shape index (κ2) is 11.3. The van der Waals surface area contributed by atoms with Gasteiger partial charge in [-0.25, -0.2) is 0 Å². The highest BCUT2D eigenvalue weighted by Gasteiger charge is 2.15. The average Bonchev–Trinajstić information content (AvgIpc) is 3.18. The van der Waals surface area contributed by atoms with Gasteiger partial charge in [-0.1, -0.05) is 133 Å². The largest absolute Gasteiger partial charge is 0.143 e. The van der Waals surface area contributed by atoms with Crippen molar-refractivity contribution in [1.29, 1.82) is 0 Å². The molecule has 0 aliphatic heterocycles. The molecule has 0 aromatic heterocycles. The highest BCUT2D eigenvalue weighted by atomic mass is 32.1. The van der Waals surface area contributed by atoms with Crippen LogP contribution >= 0.6 is 12.6 Å². The summed E-state index contributed by atoms with van der Waals surface area (Å²) in [5.41, 5.74) is 8.46. The van der Waals surface area contributed by atoms with Gasteiger partial charge in [-0.3, -0.25) is 0 Å². The van der Waals surface area contributed by atoms with E-state index in [4.69, 9.17) is 12.6 Å². The minimum absolute atomic E-state index is 0.993. The van der Waals surface area contributed by atoms with Crippen molar-refractivity contribution in [3.8, 4) is 33.4 Å². The molecule has 0 nitrogen and oxygen atoms in total. The van der Waals surface area contributed by atoms with Gasteiger partial charge in [-0.05, 0) is 147 Å². The van der Waals surface area contributed by atoms with E-state index < -0.39 is 0 Å². The molecule has 0 aliphatic rings. The smallest absolute Gasteiger partial charge is 0.0119 e. The van der Waals surface area contributed by atoms with Gasteiger partial charge in [0.25, 0.3) is 0 Å². The summed E-state index contributed by atoms with van der Waals surface area (Å²) >= 11 is 4.77. The Kier molecular flexibility index (Phi) is 6.59. The van der Waals surface area contributed by atoms with Crippen LogP contribution in [-0.4, -0.2) is 0 Å². The summed E-state index contributed by atoms with van der Waals surface area (Å²) in [7, 11) is 0. The highest BCUT2D eigenvalue weighted by molar-refractivity contribution is 7.80. The van der Waals surface area contributed by atoms with Crippen molar-refractivity contribution >= 4 is 77.3 Å². The molecule has 10 aromatic rings. The van der Waals surface area contributed by atoms with E-state index in [-0.39, 0.29) is 0 Å². The Balaban J connectivity index is 1.18. The van der Waals surface area contributed by atoms with Gasteiger partial charge in [0.05, 0.1) is 0 Å². The van der Waals surface area contributed by atoms with Crippen LogP contribution in [0.4, 0.5) is 0 Å². The van der Waals surface area contributed by atoms with Crippen LogP contribution in [0.25, 0.3) is 98.0 Å². The minimum atomic E-state index is 0.993. The highest BCUT2D eigenvalue weighted by Crippen LogP contribution is 2.43. The van der Waals surface area contributed by atoms with E-state index in [1.54, 1.807) is 0 Å². The lowest BCUT2D eigenvalue weighted by Gasteiger charge is -2.16. The molecular weight excluding hydrogens is 621 g/mol. The standard InChI is InChI=1S/C49H32S/c1-30-21-22-33(26-43(30)42-19-8-9-20-49(42)50)31-11-10-12-32(25-31)34-23-24-41-44(27-34)39-17-6-7-18-40(39)47-28-45-37-15-4-2-13-35(37)36-14-3-5-16-38(36)46(45)29-48(41)47/h2-29,50H,1H3. The van der Waals surface area contributed by atoms with E-state index in [0.29, 0.717) is 0 Å². The summed E-state index contributed by atoms with van der Waals surface area (Å²) in [4.78, 5) is 0.993. The van der Waals surface area contributed by atoms with Gasteiger partial charge in [-0.2, -0.15) is 0 Å². The molecule has 0 saturated carbocycles. The van der Waals surface area contributed by atoms with Crippen molar-refractivity contribution in [3.05, 3.63) is 175 Å². The van der Waals surface area contributed by atoms with E-state index in [1.807, 2.05) is 6.07 Å². The predicted octanol–water partition coefficient (Wildman–Crippen LogP) is 14.2. The third-order valence-electron chi connectivity index (χ3n) is 10.7. The second-order valence-electron chi connectivity index (χ2n) is 13.5. The maximum Gasteiger partial charge on any atom is 0.0119 e. The van der Waals surface area contributed by atoms with Crippen molar-refractivity contribution in [3.63, 3.8) is 0 Å². The molecular formula is C49H32S. The molecule has 0 unspecified atom stereocenters. The van der Waals surface area contributed by atoms with Crippen molar-refractivity contribution in [1.82, 2.24) is 0 Å². The summed E-state index contributed by atoms with van der Waals surface area (Å²) in [5.74, 6) is 0. The normalized spacial score (nSPS) is 11.8. The third kappa shape index (κ3) is 4.47. The fraction of sp³-hybridized carbons (Fsp3) is 0.0204. The third-order valence-corrected chi connectivity index (χ3v) is 11.1.